The van der Waals surface area contributed by atoms with Crippen molar-refractivity contribution in [1.82, 2.24) is 4.98 Å². The molecule has 0 saturated heterocycles. The average Bonchev–Trinajstić information content (AvgIpc) is 3.17. The third kappa shape index (κ3) is 4.35. The number of nitrogens with one attached hydrogen (secondary N) is 1. The van der Waals surface area contributed by atoms with Crippen molar-refractivity contribution in [3.8, 4) is 11.5 Å². The minimum absolute atomic E-state index is 0.0281. The number of carbonyl (C=O) groups excluding carboxylic acids is 1. The number of fused-ring (bicyclic) bond motifs is 1. The Morgan fingerprint density at radius 1 is 1.10 bits per heavy atom. The molecule has 1 N–H and O–H groups in total. The lowest BCUT2D eigenvalue weighted by molar-refractivity contribution is -0.384. The first-order valence-corrected chi connectivity index (χ1v) is 9.61. The van der Waals surface area contributed by atoms with Crippen LogP contribution in [0.5, 0.6) is 0 Å². The molecule has 0 aliphatic heterocycles. The summed E-state index contributed by atoms with van der Waals surface area (Å²) in [5.74, 6) is 0.140. The van der Waals surface area contributed by atoms with Crippen molar-refractivity contribution in [2.24, 2.45) is 0 Å². The van der Waals surface area contributed by atoms with Gasteiger partial charge in [0, 0.05) is 29.5 Å². The second-order valence-corrected chi connectivity index (χ2v) is 7.14. The summed E-state index contributed by atoms with van der Waals surface area (Å²) in [5, 5.41) is 13.7. The van der Waals surface area contributed by atoms with Crippen molar-refractivity contribution in [3.05, 3.63) is 93.5 Å². The van der Waals surface area contributed by atoms with Crippen LogP contribution in [-0.4, -0.2) is 15.8 Å². The van der Waals surface area contributed by atoms with Gasteiger partial charge >= 0.3 is 0 Å². The van der Waals surface area contributed by atoms with Crippen molar-refractivity contribution in [3.63, 3.8) is 0 Å². The Morgan fingerprint density at radius 3 is 2.71 bits per heavy atom. The standard InChI is InChI=1S/C24H19N3O4/c1-15-9-11-22-21(13-15)26-24(31-22)19-7-4-8-20(16(19)2)25-23(28)12-10-17-5-3-6-18(14-17)27(29)30/h3-14H,1-2H3,(H,25,28)/b12-10+. The van der Waals surface area contributed by atoms with E-state index in [0.29, 0.717) is 22.7 Å². The number of amides is 1. The highest BCUT2D eigenvalue weighted by Crippen LogP contribution is 2.30. The van der Waals surface area contributed by atoms with E-state index in [0.717, 1.165) is 22.2 Å². The molecule has 0 fully saturated rings. The number of benzene rings is 3. The highest BCUT2D eigenvalue weighted by Gasteiger charge is 2.14. The first-order valence-electron chi connectivity index (χ1n) is 9.61. The largest absolute Gasteiger partial charge is 0.436 e. The second-order valence-electron chi connectivity index (χ2n) is 7.14. The van der Waals surface area contributed by atoms with Gasteiger partial charge in [0.2, 0.25) is 11.8 Å². The number of hydrogen-bond acceptors (Lipinski definition) is 5. The molecule has 0 unspecified atom stereocenters. The Hall–Kier alpha value is -4.26. The van der Waals surface area contributed by atoms with Crippen LogP contribution >= 0.6 is 0 Å². The number of rotatable bonds is 5. The summed E-state index contributed by atoms with van der Waals surface area (Å²) in [6.07, 6.45) is 2.87. The van der Waals surface area contributed by atoms with Crippen LogP contribution < -0.4 is 5.32 Å². The Bertz CT molecular complexity index is 1340. The van der Waals surface area contributed by atoms with Crippen molar-refractivity contribution < 1.29 is 14.1 Å². The Kier molecular flexibility index (Phi) is 5.32. The topological polar surface area (TPSA) is 98.3 Å². The number of nitro groups is 1. The molecule has 4 rings (SSSR count). The highest BCUT2D eigenvalue weighted by molar-refractivity contribution is 6.02. The zero-order valence-corrected chi connectivity index (χ0v) is 17.0. The van der Waals surface area contributed by atoms with E-state index in [4.69, 9.17) is 4.42 Å². The lowest BCUT2D eigenvalue weighted by Crippen LogP contribution is -2.09. The van der Waals surface area contributed by atoms with Gasteiger partial charge in [0.15, 0.2) is 5.58 Å². The molecule has 1 aromatic heterocycles. The van der Waals surface area contributed by atoms with Crippen molar-refractivity contribution in [1.29, 1.82) is 0 Å². The van der Waals surface area contributed by atoms with Gasteiger partial charge in [-0.25, -0.2) is 4.98 Å². The summed E-state index contributed by atoms with van der Waals surface area (Å²) in [4.78, 5) is 27.4. The van der Waals surface area contributed by atoms with E-state index in [-0.39, 0.29) is 11.6 Å². The smallest absolute Gasteiger partial charge is 0.270 e. The molecule has 0 aliphatic rings. The van der Waals surface area contributed by atoms with Crippen LogP contribution in [0.25, 0.3) is 28.6 Å². The zero-order valence-electron chi connectivity index (χ0n) is 17.0. The monoisotopic (exact) mass is 413 g/mol. The van der Waals surface area contributed by atoms with Crippen molar-refractivity contribution in [2.75, 3.05) is 5.32 Å². The maximum Gasteiger partial charge on any atom is 0.270 e. The number of non-ortho nitro benzene ring substituents is 1. The van der Waals surface area contributed by atoms with Gasteiger partial charge in [-0.15, -0.1) is 0 Å². The molecule has 0 bridgehead atoms. The predicted molar refractivity (Wildman–Crippen MR) is 120 cm³/mol. The molecule has 31 heavy (non-hydrogen) atoms. The van der Waals surface area contributed by atoms with Gasteiger partial charge < -0.3 is 9.73 Å². The van der Waals surface area contributed by atoms with Crippen LogP contribution in [0.15, 0.2) is 71.2 Å². The Labute approximate surface area is 178 Å². The number of nitro benzene ring substituents is 1. The van der Waals surface area contributed by atoms with Crippen LogP contribution in [0, 0.1) is 24.0 Å². The Balaban J connectivity index is 1.56. The lowest BCUT2D eigenvalue weighted by atomic mass is 10.1. The van der Waals surface area contributed by atoms with Crippen LogP contribution in [0.1, 0.15) is 16.7 Å². The van der Waals surface area contributed by atoms with E-state index >= 15 is 0 Å². The first kappa shape index (κ1) is 20.0. The van der Waals surface area contributed by atoms with Gasteiger partial charge in [0.25, 0.3) is 5.69 Å². The molecular weight excluding hydrogens is 394 g/mol. The maximum absolute atomic E-state index is 12.4. The summed E-state index contributed by atoms with van der Waals surface area (Å²) in [6, 6.07) is 17.4. The fourth-order valence-electron chi connectivity index (χ4n) is 3.24. The maximum atomic E-state index is 12.4. The number of carbonyl (C=O) groups is 1. The quantitative estimate of drug-likeness (QED) is 0.258. The summed E-state index contributed by atoms with van der Waals surface area (Å²) < 4.78 is 5.89. The van der Waals surface area contributed by atoms with E-state index < -0.39 is 4.92 Å². The number of hydrogen-bond donors (Lipinski definition) is 1. The SMILES string of the molecule is Cc1ccc2oc(-c3cccc(NC(=O)/C=C/c4cccc([N+](=O)[O-])c4)c3C)nc2c1. The van der Waals surface area contributed by atoms with E-state index in [9.17, 15) is 14.9 Å². The van der Waals surface area contributed by atoms with Gasteiger partial charge in [-0.3, -0.25) is 14.9 Å². The lowest BCUT2D eigenvalue weighted by Gasteiger charge is -2.09. The summed E-state index contributed by atoms with van der Waals surface area (Å²) in [6.45, 7) is 3.88. The summed E-state index contributed by atoms with van der Waals surface area (Å²) in [7, 11) is 0. The van der Waals surface area contributed by atoms with Crippen molar-refractivity contribution >= 4 is 34.5 Å². The normalized spacial score (nSPS) is 11.2. The Morgan fingerprint density at radius 2 is 1.90 bits per heavy atom. The van der Waals surface area contributed by atoms with E-state index in [2.05, 4.69) is 10.3 Å². The van der Waals surface area contributed by atoms with Crippen LogP contribution in [0.4, 0.5) is 11.4 Å². The molecule has 0 spiro atoms. The molecule has 7 nitrogen and oxygen atoms in total. The molecule has 4 aromatic rings. The molecule has 1 amide bonds. The highest BCUT2D eigenvalue weighted by atomic mass is 16.6. The number of anilines is 1. The zero-order chi connectivity index (χ0) is 22.0. The molecule has 0 saturated carbocycles. The van der Waals surface area contributed by atoms with Crippen LogP contribution in [0.2, 0.25) is 0 Å². The van der Waals surface area contributed by atoms with Gasteiger partial charge in [-0.2, -0.15) is 0 Å². The fourth-order valence-corrected chi connectivity index (χ4v) is 3.24. The number of oxazole rings is 1. The predicted octanol–water partition coefficient (Wildman–Crippen LogP) is 5.67. The van der Waals surface area contributed by atoms with E-state index in [1.165, 1.54) is 24.3 Å². The molecular formula is C24H19N3O4. The minimum Gasteiger partial charge on any atom is -0.436 e. The minimum atomic E-state index is -0.473. The van der Waals surface area contributed by atoms with Crippen molar-refractivity contribution in [2.45, 2.75) is 13.8 Å². The third-order valence-corrected chi connectivity index (χ3v) is 4.87. The van der Waals surface area contributed by atoms with Crippen LogP contribution in [-0.2, 0) is 4.79 Å². The summed E-state index contributed by atoms with van der Waals surface area (Å²) >= 11 is 0. The fraction of sp³-hybridized carbons (Fsp3) is 0.0833. The van der Waals surface area contributed by atoms with Crippen LogP contribution in [0.3, 0.4) is 0 Å². The third-order valence-electron chi connectivity index (χ3n) is 4.87. The van der Waals surface area contributed by atoms with Gasteiger partial charge in [0.05, 0.1) is 4.92 Å². The average molecular weight is 413 g/mol. The van der Waals surface area contributed by atoms with E-state index in [1.807, 2.05) is 44.2 Å². The van der Waals surface area contributed by atoms with Gasteiger partial charge in [0.1, 0.15) is 5.52 Å². The first-order chi connectivity index (χ1) is 14.9. The molecule has 0 atom stereocenters. The number of aryl methyl sites for hydroxylation is 1. The second kappa shape index (κ2) is 8.23. The molecule has 0 radical (unpaired) electrons. The molecule has 7 heteroatoms. The number of aromatic nitrogens is 1. The van der Waals surface area contributed by atoms with E-state index in [1.54, 1.807) is 18.2 Å². The summed E-state index contributed by atoms with van der Waals surface area (Å²) in [5.41, 5.74) is 5.36. The molecule has 1 heterocycles. The number of nitrogens with zero attached hydrogens (tertiary/aromatic N) is 2. The molecule has 0 aliphatic carbocycles. The molecule has 154 valence electrons. The molecule has 3 aromatic carbocycles. The van der Waals surface area contributed by atoms with Gasteiger partial charge in [-0.05, 0) is 60.9 Å². The van der Waals surface area contributed by atoms with Gasteiger partial charge in [-0.1, -0.05) is 24.3 Å².